The van der Waals surface area contributed by atoms with E-state index in [1.807, 2.05) is 20.8 Å². The maximum absolute atomic E-state index is 12.0. The molecule has 0 aromatic heterocycles. The standard InChI is InChI=1S/C16H30N2O2/c1-15(2,3)20-14(19)18-16(10-7-11-16)12-17-13-8-5-4-6-9-13/h13,17H,4-12H2,1-3H3,(H,18,19). The van der Waals surface area contributed by atoms with Gasteiger partial charge in [-0.05, 0) is 52.9 Å². The van der Waals surface area contributed by atoms with Gasteiger partial charge in [0.05, 0.1) is 5.54 Å². The minimum atomic E-state index is -0.425. The van der Waals surface area contributed by atoms with Crippen molar-refractivity contribution >= 4 is 6.09 Å². The quantitative estimate of drug-likeness (QED) is 0.831. The Labute approximate surface area is 123 Å². The molecule has 0 saturated heterocycles. The molecule has 2 N–H and O–H groups in total. The van der Waals surface area contributed by atoms with Crippen LogP contribution in [0, 0.1) is 0 Å². The summed E-state index contributed by atoms with van der Waals surface area (Å²) in [4.78, 5) is 12.0. The van der Waals surface area contributed by atoms with Crippen molar-refractivity contribution in [3.8, 4) is 0 Å². The van der Waals surface area contributed by atoms with Gasteiger partial charge in [-0.2, -0.15) is 0 Å². The zero-order valence-electron chi connectivity index (χ0n) is 13.3. The molecule has 4 nitrogen and oxygen atoms in total. The lowest BCUT2D eigenvalue weighted by Crippen LogP contribution is -2.60. The highest BCUT2D eigenvalue weighted by Crippen LogP contribution is 2.32. The second kappa shape index (κ2) is 6.33. The van der Waals surface area contributed by atoms with Crippen LogP contribution in [-0.2, 0) is 4.74 Å². The highest BCUT2D eigenvalue weighted by Gasteiger charge is 2.39. The number of carbonyl (C=O) groups is 1. The molecule has 0 spiro atoms. The van der Waals surface area contributed by atoms with Crippen LogP contribution >= 0.6 is 0 Å². The van der Waals surface area contributed by atoms with Gasteiger partial charge in [-0.25, -0.2) is 4.79 Å². The molecule has 4 heteroatoms. The summed E-state index contributed by atoms with van der Waals surface area (Å²) in [5.74, 6) is 0. The van der Waals surface area contributed by atoms with Gasteiger partial charge in [-0.1, -0.05) is 19.3 Å². The van der Waals surface area contributed by atoms with Gasteiger partial charge >= 0.3 is 6.09 Å². The van der Waals surface area contributed by atoms with E-state index >= 15 is 0 Å². The third-order valence-electron chi connectivity index (χ3n) is 4.41. The molecule has 0 heterocycles. The Bertz CT molecular complexity index is 326. The topological polar surface area (TPSA) is 50.4 Å². The van der Waals surface area contributed by atoms with Crippen LogP contribution in [0.15, 0.2) is 0 Å². The van der Waals surface area contributed by atoms with E-state index in [1.54, 1.807) is 0 Å². The van der Waals surface area contributed by atoms with Crippen molar-refractivity contribution < 1.29 is 9.53 Å². The molecule has 0 aromatic rings. The number of rotatable bonds is 4. The van der Waals surface area contributed by atoms with Crippen LogP contribution in [-0.4, -0.2) is 29.8 Å². The number of nitrogens with one attached hydrogen (secondary N) is 2. The van der Waals surface area contributed by atoms with Gasteiger partial charge in [0.1, 0.15) is 5.60 Å². The third kappa shape index (κ3) is 4.65. The predicted molar refractivity (Wildman–Crippen MR) is 80.8 cm³/mol. The summed E-state index contributed by atoms with van der Waals surface area (Å²) in [5, 5.41) is 6.76. The minimum absolute atomic E-state index is 0.0697. The highest BCUT2D eigenvalue weighted by atomic mass is 16.6. The molecule has 2 aliphatic rings. The monoisotopic (exact) mass is 282 g/mol. The smallest absolute Gasteiger partial charge is 0.408 e. The molecule has 0 unspecified atom stereocenters. The van der Waals surface area contributed by atoms with Gasteiger partial charge in [0, 0.05) is 12.6 Å². The molecule has 0 atom stereocenters. The van der Waals surface area contributed by atoms with E-state index in [0.29, 0.717) is 6.04 Å². The number of amides is 1. The van der Waals surface area contributed by atoms with Gasteiger partial charge in [-0.15, -0.1) is 0 Å². The lowest BCUT2D eigenvalue weighted by atomic mass is 9.76. The number of carbonyl (C=O) groups excluding carboxylic acids is 1. The van der Waals surface area contributed by atoms with E-state index in [9.17, 15) is 4.79 Å². The Kier molecular flexibility index (Phi) is 4.95. The molecular formula is C16H30N2O2. The lowest BCUT2D eigenvalue weighted by molar-refractivity contribution is 0.0377. The fraction of sp³-hybridized carbons (Fsp3) is 0.938. The van der Waals surface area contributed by atoms with E-state index in [4.69, 9.17) is 4.74 Å². The van der Waals surface area contributed by atoms with Crippen molar-refractivity contribution in [2.45, 2.75) is 89.3 Å². The molecular weight excluding hydrogens is 252 g/mol. The highest BCUT2D eigenvalue weighted by molar-refractivity contribution is 5.69. The van der Waals surface area contributed by atoms with Crippen LogP contribution in [0.5, 0.6) is 0 Å². The molecule has 2 aliphatic carbocycles. The number of alkyl carbamates (subject to hydrolysis) is 1. The maximum Gasteiger partial charge on any atom is 0.408 e. The summed E-state index contributed by atoms with van der Waals surface area (Å²) in [5.41, 5.74) is -0.494. The zero-order chi connectivity index (χ0) is 14.6. The van der Waals surface area contributed by atoms with Crippen molar-refractivity contribution in [1.82, 2.24) is 10.6 Å². The van der Waals surface area contributed by atoms with Crippen LogP contribution in [0.3, 0.4) is 0 Å². The van der Waals surface area contributed by atoms with E-state index in [0.717, 1.165) is 19.4 Å². The summed E-state index contributed by atoms with van der Waals surface area (Å²) in [6.45, 7) is 6.60. The lowest BCUT2D eigenvalue weighted by Gasteiger charge is -2.44. The third-order valence-corrected chi connectivity index (χ3v) is 4.41. The van der Waals surface area contributed by atoms with Crippen LogP contribution < -0.4 is 10.6 Å². The van der Waals surface area contributed by atoms with E-state index in [-0.39, 0.29) is 11.6 Å². The Morgan fingerprint density at radius 1 is 1.15 bits per heavy atom. The molecule has 0 aliphatic heterocycles. The Morgan fingerprint density at radius 3 is 2.30 bits per heavy atom. The largest absolute Gasteiger partial charge is 0.444 e. The zero-order valence-corrected chi connectivity index (χ0v) is 13.3. The Hall–Kier alpha value is -0.770. The molecule has 0 aromatic carbocycles. The minimum Gasteiger partial charge on any atom is -0.444 e. The average molecular weight is 282 g/mol. The summed E-state index contributed by atoms with van der Waals surface area (Å²) < 4.78 is 5.38. The predicted octanol–water partition coefficient (Wildman–Crippen LogP) is 3.36. The Morgan fingerprint density at radius 2 is 1.80 bits per heavy atom. The van der Waals surface area contributed by atoms with Crippen LogP contribution in [0.1, 0.15) is 72.1 Å². The molecule has 2 saturated carbocycles. The first-order valence-electron chi connectivity index (χ1n) is 8.13. The van der Waals surface area contributed by atoms with Gasteiger partial charge in [0.25, 0.3) is 0 Å². The van der Waals surface area contributed by atoms with Crippen molar-refractivity contribution in [2.75, 3.05) is 6.54 Å². The summed E-state index contributed by atoms with van der Waals surface area (Å²) >= 11 is 0. The molecule has 2 fully saturated rings. The normalized spacial score (nSPS) is 22.9. The van der Waals surface area contributed by atoms with Crippen LogP contribution in [0.25, 0.3) is 0 Å². The number of ether oxygens (including phenoxy) is 1. The maximum atomic E-state index is 12.0. The van der Waals surface area contributed by atoms with Crippen molar-refractivity contribution in [3.05, 3.63) is 0 Å². The Balaban J connectivity index is 1.78. The number of hydrogen-bond donors (Lipinski definition) is 2. The van der Waals surface area contributed by atoms with Gasteiger partial charge in [0.15, 0.2) is 0 Å². The summed E-state index contributed by atoms with van der Waals surface area (Å²) in [6.07, 6.45) is 9.65. The molecule has 1 amide bonds. The molecule has 0 radical (unpaired) electrons. The second-order valence-electron chi connectivity index (χ2n) is 7.48. The molecule has 20 heavy (non-hydrogen) atoms. The van der Waals surface area contributed by atoms with Gasteiger partial charge in [0.2, 0.25) is 0 Å². The summed E-state index contributed by atoms with van der Waals surface area (Å²) in [7, 11) is 0. The average Bonchev–Trinajstić information content (AvgIpc) is 2.31. The van der Waals surface area contributed by atoms with Gasteiger partial charge in [-0.3, -0.25) is 0 Å². The first kappa shape index (κ1) is 15.6. The number of hydrogen-bond acceptors (Lipinski definition) is 3. The van der Waals surface area contributed by atoms with Crippen LogP contribution in [0.4, 0.5) is 4.79 Å². The van der Waals surface area contributed by atoms with Gasteiger partial charge < -0.3 is 15.4 Å². The molecule has 116 valence electrons. The fourth-order valence-corrected chi connectivity index (χ4v) is 3.12. The summed E-state index contributed by atoms with van der Waals surface area (Å²) in [6, 6.07) is 0.640. The van der Waals surface area contributed by atoms with Crippen molar-refractivity contribution in [1.29, 1.82) is 0 Å². The van der Waals surface area contributed by atoms with Crippen molar-refractivity contribution in [2.24, 2.45) is 0 Å². The first-order chi connectivity index (χ1) is 9.39. The first-order valence-corrected chi connectivity index (χ1v) is 8.13. The molecule has 0 bridgehead atoms. The van der Waals surface area contributed by atoms with Crippen molar-refractivity contribution in [3.63, 3.8) is 0 Å². The SMILES string of the molecule is CC(C)(C)OC(=O)NC1(CNC2CCCCC2)CCC1. The molecule has 2 rings (SSSR count). The van der Waals surface area contributed by atoms with E-state index in [2.05, 4.69) is 10.6 Å². The van der Waals surface area contributed by atoms with Crippen LogP contribution in [0.2, 0.25) is 0 Å². The second-order valence-corrected chi connectivity index (χ2v) is 7.48. The van der Waals surface area contributed by atoms with E-state index < -0.39 is 5.60 Å². The van der Waals surface area contributed by atoms with E-state index in [1.165, 1.54) is 38.5 Å². The fourth-order valence-electron chi connectivity index (χ4n) is 3.12.